The van der Waals surface area contributed by atoms with E-state index in [1.165, 1.54) is 48.5 Å². The fourth-order valence-electron chi connectivity index (χ4n) is 2.10. The Hall–Kier alpha value is -0.410. The van der Waals surface area contributed by atoms with Crippen molar-refractivity contribution in [3.63, 3.8) is 0 Å². The van der Waals surface area contributed by atoms with Crippen molar-refractivity contribution in [2.75, 3.05) is 6.54 Å². The maximum atomic E-state index is 4.33. The van der Waals surface area contributed by atoms with Gasteiger partial charge in [0.2, 0.25) is 0 Å². The minimum Gasteiger partial charge on any atom is -0.313 e. The van der Waals surface area contributed by atoms with E-state index in [9.17, 15) is 0 Å². The smallest absolute Gasteiger partial charge is 0.0896 e. The van der Waals surface area contributed by atoms with Crippen LogP contribution in [-0.2, 0) is 6.42 Å². The summed E-state index contributed by atoms with van der Waals surface area (Å²) in [6.45, 7) is 3.32. The predicted molar refractivity (Wildman–Crippen MR) is 63.2 cm³/mol. The number of aromatic nitrogens is 1. The van der Waals surface area contributed by atoms with Gasteiger partial charge in [0, 0.05) is 23.7 Å². The first-order chi connectivity index (χ1) is 7.26. The summed E-state index contributed by atoms with van der Waals surface area (Å²) in [5, 5.41) is 4.88. The molecule has 2 aliphatic carbocycles. The van der Waals surface area contributed by atoms with E-state index in [0.29, 0.717) is 5.41 Å². The van der Waals surface area contributed by atoms with Gasteiger partial charge >= 0.3 is 0 Å². The molecule has 0 unspecified atom stereocenters. The van der Waals surface area contributed by atoms with Gasteiger partial charge in [-0.2, -0.15) is 0 Å². The molecule has 0 radical (unpaired) electrons. The number of nitrogens with one attached hydrogen (secondary N) is 1. The Morgan fingerprint density at radius 2 is 2.33 bits per heavy atom. The van der Waals surface area contributed by atoms with Crippen LogP contribution in [0.15, 0.2) is 6.20 Å². The van der Waals surface area contributed by atoms with Gasteiger partial charge in [-0.05, 0) is 44.4 Å². The van der Waals surface area contributed by atoms with Crippen LogP contribution >= 0.6 is 11.3 Å². The van der Waals surface area contributed by atoms with E-state index in [1.807, 2.05) is 11.3 Å². The Balaban J connectivity index is 1.56. The van der Waals surface area contributed by atoms with Crippen molar-refractivity contribution in [1.29, 1.82) is 0 Å². The molecule has 3 rings (SSSR count). The second-order valence-corrected chi connectivity index (χ2v) is 6.50. The molecular weight excluding hydrogens is 204 g/mol. The fraction of sp³-hybridized carbons (Fsp3) is 0.750. The van der Waals surface area contributed by atoms with Gasteiger partial charge in [-0.3, -0.25) is 0 Å². The van der Waals surface area contributed by atoms with Crippen LogP contribution in [0.5, 0.6) is 0 Å². The summed E-state index contributed by atoms with van der Waals surface area (Å²) in [6, 6.07) is 0.852. The zero-order valence-corrected chi connectivity index (χ0v) is 10.1. The Morgan fingerprint density at radius 1 is 1.53 bits per heavy atom. The van der Waals surface area contributed by atoms with Crippen LogP contribution in [0, 0.1) is 12.3 Å². The van der Waals surface area contributed by atoms with E-state index < -0.39 is 0 Å². The van der Waals surface area contributed by atoms with Crippen molar-refractivity contribution in [3.05, 3.63) is 16.1 Å². The number of hydrogen-bond acceptors (Lipinski definition) is 3. The second kappa shape index (κ2) is 3.56. The highest BCUT2D eigenvalue weighted by atomic mass is 32.1. The lowest BCUT2D eigenvalue weighted by atomic mass is 10.0. The van der Waals surface area contributed by atoms with E-state index in [2.05, 4.69) is 23.4 Å². The minimum absolute atomic E-state index is 0.599. The maximum absolute atomic E-state index is 4.33. The number of hydrogen-bond donors (Lipinski definition) is 1. The molecule has 1 N–H and O–H groups in total. The zero-order chi connectivity index (χ0) is 10.3. The van der Waals surface area contributed by atoms with E-state index in [0.717, 1.165) is 6.04 Å². The van der Waals surface area contributed by atoms with Crippen LogP contribution in [0.3, 0.4) is 0 Å². The molecule has 2 fully saturated rings. The standard InChI is InChI=1S/C12H18N2S/c1-9-13-7-11(15-9)6-12(4-5-12)8-14-10-2-3-10/h7,10,14H,2-6,8H2,1H3. The van der Waals surface area contributed by atoms with Gasteiger partial charge in [0.25, 0.3) is 0 Å². The molecule has 0 spiro atoms. The summed E-state index contributed by atoms with van der Waals surface area (Å²) in [7, 11) is 0. The van der Waals surface area contributed by atoms with Crippen molar-refractivity contribution in [2.24, 2.45) is 5.41 Å². The number of aryl methyl sites for hydroxylation is 1. The molecule has 0 atom stereocenters. The number of nitrogens with zero attached hydrogens (tertiary/aromatic N) is 1. The molecule has 0 aliphatic heterocycles. The van der Waals surface area contributed by atoms with Gasteiger partial charge in [-0.1, -0.05) is 0 Å². The molecule has 1 aromatic heterocycles. The number of rotatable bonds is 5. The highest BCUT2D eigenvalue weighted by molar-refractivity contribution is 7.11. The average Bonchev–Trinajstić information content (AvgIpc) is 3.08. The molecule has 15 heavy (non-hydrogen) atoms. The van der Waals surface area contributed by atoms with Gasteiger partial charge in [0.1, 0.15) is 0 Å². The van der Waals surface area contributed by atoms with E-state index >= 15 is 0 Å². The highest BCUT2D eigenvalue weighted by Gasteiger charge is 2.43. The summed E-state index contributed by atoms with van der Waals surface area (Å²) in [6.07, 6.45) is 8.92. The first-order valence-electron chi connectivity index (χ1n) is 5.91. The van der Waals surface area contributed by atoms with Crippen molar-refractivity contribution < 1.29 is 0 Å². The molecule has 1 heterocycles. The van der Waals surface area contributed by atoms with Gasteiger partial charge in [0.05, 0.1) is 5.01 Å². The molecule has 0 saturated heterocycles. The third-order valence-corrected chi connectivity index (χ3v) is 4.43. The molecule has 2 nitrogen and oxygen atoms in total. The van der Waals surface area contributed by atoms with Crippen LogP contribution in [0.1, 0.15) is 35.6 Å². The SMILES string of the molecule is Cc1ncc(CC2(CNC3CC3)CC2)s1. The van der Waals surface area contributed by atoms with Crippen LogP contribution in [0.25, 0.3) is 0 Å². The van der Waals surface area contributed by atoms with Crippen molar-refractivity contribution in [1.82, 2.24) is 10.3 Å². The van der Waals surface area contributed by atoms with E-state index in [1.54, 1.807) is 0 Å². The van der Waals surface area contributed by atoms with Gasteiger partial charge in [0.15, 0.2) is 0 Å². The molecular formula is C12H18N2S. The molecule has 2 saturated carbocycles. The molecule has 1 aromatic rings. The summed E-state index contributed by atoms with van der Waals surface area (Å²) in [4.78, 5) is 5.81. The van der Waals surface area contributed by atoms with Crippen LogP contribution in [0.2, 0.25) is 0 Å². The van der Waals surface area contributed by atoms with Crippen LogP contribution in [0.4, 0.5) is 0 Å². The van der Waals surface area contributed by atoms with Crippen LogP contribution in [-0.4, -0.2) is 17.6 Å². The molecule has 0 bridgehead atoms. The van der Waals surface area contributed by atoms with Crippen molar-refractivity contribution in [2.45, 2.75) is 45.1 Å². The fourth-order valence-corrected chi connectivity index (χ4v) is 3.07. The van der Waals surface area contributed by atoms with Gasteiger partial charge in [-0.25, -0.2) is 4.98 Å². The molecule has 0 amide bonds. The molecule has 82 valence electrons. The van der Waals surface area contributed by atoms with E-state index in [-0.39, 0.29) is 0 Å². The van der Waals surface area contributed by atoms with Gasteiger partial charge in [-0.15, -0.1) is 11.3 Å². The zero-order valence-electron chi connectivity index (χ0n) is 9.25. The normalized spacial score (nSPS) is 23.0. The summed E-state index contributed by atoms with van der Waals surface area (Å²) in [5.41, 5.74) is 0.599. The Kier molecular flexibility index (Phi) is 2.33. The summed E-state index contributed by atoms with van der Waals surface area (Å²) < 4.78 is 0. The Bertz CT molecular complexity index is 350. The first-order valence-corrected chi connectivity index (χ1v) is 6.72. The lowest BCUT2D eigenvalue weighted by Gasteiger charge is -2.14. The Labute approximate surface area is 95.1 Å². The third kappa shape index (κ3) is 2.40. The average molecular weight is 222 g/mol. The quantitative estimate of drug-likeness (QED) is 0.828. The largest absolute Gasteiger partial charge is 0.313 e. The lowest BCUT2D eigenvalue weighted by molar-refractivity contribution is 0.456. The number of thiazole rings is 1. The predicted octanol–water partition coefficient (Wildman–Crippen LogP) is 2.53. The summed E-state index contributed by atoms with van der Waals surface area (Å²) >= 11 is 1.87. The second-order valence-electron chi connectivity index (χ2n) is 5.18. The topological polar surface area (TPSA) is 24.9 Å². The lowest BCUT2D eigenvalue weighted by Crippen LogP contribution is -2.27. The molecule has 0 aromatic carbocycles. The molecule has 2 aliphatic rings. The highest BCUT2D eigenvalue weighted by Crippen LogP contribution is 2.48. The van der Waals surface area contributed by atoms with E-state index in [4.69, 9.17) is 0 Å². The summed E-state index contributed by atoms with van der Waals surface area (Å²) in [5.74, 6) is 0. The van der Waals surface area contributed by atoms with Crippen molar-refractivity contribution >= 4 is 11.3 Å². The van der Waals surface area contributed by atoms with Crippen molar-refractivity contribution in [3.8, 4) is 0 Å². The molecule has 3 heteroatoms. The maximum Gasteiger partial charge on any atom is 0.0896 e. The Morgan fingerprint density at radius 3 is 2.87 bits per heavy atom. The van der Waals surface area contributed by atoms with Crippen LogP contribution < -0.4 is 5.32 Å². The van der Waals surface area contributed by atoms with Gasteiger partial charge < -0.3 is 5.32 Å². The monoisotopic (exact) mass is 222 g/mol. The third-order valence-electron chi connectivity index (χ3n) is 3.52. The minimum atomic E-state index is 0.599. The first kappa shape index (κ1) is 9.79.